The zero-order chi connectivity index (χ0) is 14.5. The topological polar surface area (TPSA) is 62.8 Å². The average Bonchev–Trinajstić information content (AvgIpc) is 2.85. The summed E-state index contributed by atoms with van der Waals surface area (Å²) in [6, 6.07) is 3.86. The van der Waals surface area contributed by atoms with Gasteiger partial charge < -0.3 is 25.2 Å². The van der Waals surface area contributed by atoms with Gasteiger partial charge in [-0.15, -0.1) is 0 Å². The molecule has 112 valence electrons. The van der Waals surface area contributed by atoms with Crippen molar-refractivity contribution in [2.24, 2.45) is 5.92 Å². The molecule has 1 aliphatic rings. The molecule has 5 nitrogen and oxygen atoms in total. The average molecular weight is 345 g/mol. The predicted molar refractivity (Wildman–Crippen MR) is 81.3 cm³/mol. The van der Waals surface area contributed by atoms with Gasteiger partial charge in [-0.3, -0.25) is 0 Å². The van der Waals surface area contributed by atoms with Gasteiger partial charge in [-0.1, -0.05) is 15.9 Å². The molecule has 1 aromatic rings. The normalized spacial score (nSPS) is 22.0. The number of hydrogen-bond acceptors (Lipinski definition) is 5. The summed E-state index contributed by atoms with van der Waals surface area (Å²) in [6.07, 6.45) is -0.253. The molecule has 0 amide bonds. The van der Waals surface area contributed by atoms with Crippen molar-refractivity contribution in [3.8, 4) is 11.5 Å². The Morgan fingerprint density at radius 1 is 1.30 bits per heavy atom. The third-order valence-electron chi connectivity index (χ3n) is 3.58. The number of hydrogen-bond donors (Lipinski definition) is 3. The molecule has 2 unspecified atom stereocenters. The lowest BCUT2D eigenvalue weighted by Gasteiger charge is -2.16. The SMILES string of the molecule is COc1cc(Br)c(CNCC2CNCC2O)cc1OC. The van der Waals surface area contributed by atoms with Gasteiger partial charge in [0.25, 0.3) is 0 Å². The monoisotopic (exact) mass is 344 g/mol. The summed E-state index contributed by atoms with van der Waals surface area (Å²) >= 11 is 3.54. The van der Waals surface area contributed by atoms with Crippen LogP contribution in [0.3, 0.4) is 0 Å². The van der Waals surface area contributed by atoms with E-state index in [4.69, 9.17) is 9.47 Å². The third-order valence-corrected chi connectivity index (χ3v) is 4.32. The summed E-state index contributed by atoms with van der Waals surface area (Å²) in [5.41, 5.74) is 1.10. The fourth-order valence-electron chi connectivity index (χ4n) is 2.35. The van der Waals surface area contributed by atoms with E-state index in [2.05, 4.69) is 26.6 Å². The van der Waals surface area contributed by atoms with Crippen molar-refractivity contribution < 1.29 is 14.6 Å². The molecule has 0 radical (unpaired) electrons. The molecule has 0 aromatic heterocycles. The van der Waals surface area contributed by atoms with Crippen LogP contribution in [-0.4, -0.2) is 45.1 Å². The number of halogens is 1. The maximum atomic E-state index is 9.74. The van der Waals surface area contributed by atoms with Crippen molar-refractivity contribution >= 4 is 15.9 Å². The first kappa shape index (κ1) is 15.6. The zero-order valence-electron chi connectivity index (χ0n) is 11.8. The summed E-state index contributed by atoms with van der Waals surface area (Å²) in [7, 11) is 3.25. The number of benzene rings is 1. The standard InChI is InChI=1S/C14H21BrN2O3/c1-19-13-3-9(11(15)4-14(13)20-2)5-16-6-10-7-17-8-12(10)18/h3-4,10,12,16-18H,5-8H2,1-2H3. The van der Waals surface area contributed by atoms with Gasteiger partial charge in [0.15, 0.2) is 11.5 Å². The second kappa shape index (κ2) is 7.26. The van der Waals surface area contributed by atoms with E-state index in [1.54, 1.807) is 14.2 Å². The molecule has 2 atom stereocenters. The molecule has 0 saturated carbocycles. The quantitative estimate of drug-likeness (QED) is 0.722. The van der Waals surface area contributed by atoms with Gasteiger partial charge in [0.2, 0.25) is 0 Å². The molecular weight excluding hydrogens is 324 g/mol. The van der Waals surface area contributed by atoms with E-state index in [1.165, 1.54) is 0 Å². The Morgan fingerprint density at radius 2 is 2.00 bits per heavy atom. The van der Waals surface area contributed by atoms with Crippen molar-refractivity contribution in [2.75, 3.05) is 33.9 Å². The fourth-order valence-corrected chi connectivity index (χ4v) is 2.81. The van der Waals surface area contributed by atoms with Gasteiger partial charge in [-0.25, -0.2) is 0 Å². The molecule has 1 aliphatic heterocycles. The number of aliphatic hydroxyl groups is 1. The Hall–Kier alpha value is -0.820. The molecule has 1 fully saturated rings. The second-order valence-electron chi connectivity index (χ2n) is 4.92. The van der Waals surface area contributed by atoms with Crippen LogP contribution in [0.25, 0.3) is 0 Å². The minimum absolute atomic E-state index is 0.253. The molecule has 1 heterocycles. The smallest absolute Gasteiger partial charge is 0.161 e. The number of β-amino-alcohol motifs (C(OH)–C–C–N with tert-alkyl or cyclic N) is 1. The van der Waals surface area contributed by atoms with Gasteiger partial charge in [-0.05, 0) is 17.7 Å². The molecular formula is C14H21BrN2O3. The Balaban J connectivity index is 1.95. The van der Waals surface area contributed by atoms with Crippen molar-refractivity contribution in [3.63, 3.8) is 0 Å². The molecule has 3 N–H and O–H groups in total. The molecule has 2 rings (SSSR count). The Morgan fingerprint density at radius 3 is 2.60 bits per heavy atom. The zero-order valence-corrected chi connectivity index (χ0v) is 13.4. The fraction of sp³-hybridized carbons (Fsp3) is 0.571. The molecule has 0 aliphatic carbocycles. The van der Waals surface area contributed by atoms with Gasteiger partial charge in [0, 0.05) is 36.6 Å². The summed E-state index contributed by atoms with van der Waals surface area (Å²) < 4.78 is 11.5. The number of nitrogens with one attached hydrogen (secondary N) is 2. The maximum Gasteiger partial charge on any atom is 0.161 e. The predicted octanol–water partition coefficient (Wildman–Crippen LogP) is 1.14. The van der Waals surface area contributed by atoms with Crippen LogP contribution in [0.5, 0.6) is 11.5 Å². The van der Waals surface area contributed by atoms with Crippen molar-refractivity contribution in [1.29, 1.82) is 0 Å². The van der Waals surface area contributed by atoms with Crippen molar-refractivity contribution in [3.05, 3.63) is 22.2 Å². The second-order valence-corrected chi connectivity index (χ2v) is 5.77. The lowest BCUT2D eigenvalue weighted by atomic mass is 10.1. The third kappa shape index (κ3) is 3.63. The van der Waals surface area contributed by atoms with Gasteiger partial charge in [0.1, 0.15) is 0 Å². The van der Waals surface area contributed by atoms with Crippen LogP contribution >= 0.6 is 15.9 Å². The minimum atomic E-state index is -0.253. The van der Waals surface area contributed by atoms with E-state index in [1.807, 2.05) is 12.1 Å². The van der Waals surface area contributed by atoms with E-state index < -0.39 is 0 Å². The lowest BCUT2D eigenvalue weighted by Crippen LogP contribution is -2.30. The Kier molecular flexibility index (Phi) is 5.65. The van der Waals surface area contributed by atoms with Crippen molar-refractivity contribution in [2.45, 2.75) is 12.6 Å². The van der Waals surface area contributed by atoms with Crippen LogP contribution in [0.15, 0.2) is 16.6 Å². The van der Waals surface area contributed by atoms with E-state index in [0.717, 1.165) is 28.9 Å². The highest BCUT2D eigenvalue weighted by Gasteiger charge is 2.24. The van der Waals surface area contributed by atoms with Crippen LogP contribution in [0.1, 0.15) is 5.56 Å². The van der Waals surface area contributed by atoms with Gasteiger partial charge in [-0.2, -0.15) is 0 Å². The Bertz CT molecular complexity index is 456. The van der Waals surface area contributed by atoms with E-state index in [9.17, 15) is 5.11 Å². The van der Waals surface area contributed by atoms with Gasteiger partial charge in [0.05, 0.1) is 20.3 Å². The van der Waals surface area contributed by atoms with Crippen LogP contribution < -0.4 is 20.1 Å². The number of ether oxygens (including phenoxy) is 2. The van der Waals surface area contributed by atoms with E-state index in [0.29, 0.717) is 18.8 Å². The van der Waals surface area contributed by atoms with Crippen LogP contribution in [0, 0.1) is 5.92 Å². The molecule has 0 bridgehead atoms. The molecule has 1 saturated heterocycles. The number of aliphatic hydroxyl groups excluding tert-OH is 1. The van der Waals surface area contributed by atoms with E-state index in [-0.39, 0.29) is 12.0 Å². The van der Waals surface area contributed by atoms with Crippen LogP contribution in [-0.2, 0) is 6.54 Å². The summed E-state index contributed by atoms with van der Waals surface area (Å²) in [6.45, 7) is 3.05. The summed E-state index contributed by atoms with van der Waals surface area (Å²) in [5, 5.41) is 16.3. The highest BCUT2D eigenvalue weighted by atomic mass is 79.9. The van der Waals surface area contributed by atoms with E-state index >= 15 is 0 Å². The first-order chi connectivity index (χ1) is 9.65. The maximum absolute atomic E-state index is 9.74. The highest BCUT2D eigenvalue weighted by Crippen LogP contribution is 2.33. The largest absolute Gasteiger partial charge is 0.493 e. The number of rotatable bonds is 6. The Labute approximate surface area is 127 Å². The lowest BCUT2D eigenvalue weighted by molar-refractivity contribution is 0.146. The van der Waals surface area contributed by atoms with Crippen LogP contribution in [0.2, 0.25) is 0 Å². The van der Waals surface area contributed by atoms with Crippen molar-refractivity contribution in [1.82, 2.24) is 10.6 Å². The van der Waals surface area contributed by atoms with Gasteiger partial charge >= 0.3 is 0 Å². The number of methoxy groups -OCH3 is 2. The molecule has 20 heavy (non-hydrogen) atoms. The first-order valence-corrected chi connectivity index (χ1v) is 7.45. The molecule has 0 spiro atoms. The minimum Gasteiger partial charge on any atom is -0.493 e. The molecule has 6 heteroatoms. The summed E-state index contributed by atoms with van der Waals surface area (Å²) in [4.78, 5) is 0. The first-order valence-electron chi connectivity index (χ1n) is 6.65. The highest BCUT2D eigenvalue weighted by molar-refractivity contribution is 9.10. The van der Waals surface area contributed by atoms with Crippen LogP contribution in [0.4, 0.5) is 0 Å². The molecule has 1 aromatic carbocycles. The summed E-state index contributed by atoms with van der Waals surface area (Å²) in [5.74, 6) is 1.70.